The predicted octanol–water partition coefficient (Wildman–Crippen LogP) is 3.42. The van der Waals surface area contributed by atoms with Crippen LogP contribution < -0.4 is 5.43 Å². The van der Waals surface area contributed by atoms with Crippen molar-refractivity contribution in [2.75, 3.05) is 0 Å². The molecule has 2 aromatic rings. The first-order valence-corrected chi connectivity index (χ1v) is 6.38. The zero-order valence-electron chi connectivity index (χ0n) is 10.2. The molecule has 0 atom stereocenters. The van der Waals surface area contributed by atoms with Crippen LogP contribution in [0.1, 0.15) is 17.0 Å². The monoisotopic (exact) mass is 309 g/mol. The van der Waals surface area contributed by atoms with Gasteiger partial charge in [-0.15, -0.1) is 0 Å². The molecule has 4 heteroatoms. The highest BCUT2D eigenvalue weighted by Gasteiger charge is 2.07. The summed E-state index contributed by atoms with van der Waals surface area (Å²) in [6.45, 7) is 4.12. The van der Waals surface area contributed by atoms with Gasteiger partial charge in [0.15, 0.2) is 5.43 Å². The number of benzene rings is 1. The predicted molar refractivity (Wildman–Crippen MR) is 73.4 cm³/mol. The molecule has 0 amide bonds. The Labute approximate surface area is 113 Å². The third kappa shape index (κ3) is 2.70. The average molecular weight is 310 g/mol. The van der Waals surface area contributed by atoms with Crippen LogP contribution in [0.25, 0.3) is 0 Å². The van der Waals surface area contributed by atoms with Gasteiger partial charge >= 0.3 is 0 Å². The quantitative estimate of drug-likeness (QED) is 0.833. The van der Waals surface area contributed by atoms with E-state index < -0.39 is 0 Å². The number of nitrogens with zero attached hydrogens (tertiary/aromatic N) is 1. The largest absolute Gasteiger partial charge is 0.344 e. The summed E-state index contributed by atoms with van der Waals surface area (Å²) in [5.41, 5.74) is 2.24. The van der Waals surface area contributed by atoms with Crippen LogP contribution in [-0.4, -0.2) is 4.57 Å². The number of halogens is 2. The van der Waals surface area contributed by atoms with E-state index in [0.717, 1.165) is 15.9 Å². The molecule has 0 aliphatic rings. The van der Waals surface area contributed by atoms with Crippen LogP contribution in [-0.2, 0) is 6.54 Å². The van der Waals surface area contributed by atoms with Crippen LogP contribution in [0.3, 0.4) is 0 Å². The summed E-state index contributed by atoms with van der Waals surface area (Å²) in [4.78, 5) is 11.3. The zero-order valence-corrected chi connectivity index (χ0v) is 11.8. The Morgan fingerprint density at radius 2 is 1.78 bits per heavy atom. The lowest BCUT2D eigenvalue weighted by molar-refractivity contribution is 0.593. The van der Waals surface area contributed by atoms with Crippen molar-refractivity contribution in [1.29, 1.82) is 0 Å². The Bertz CT molecular complexity index is 622. The summed E-state index contributed by atoms with van der Waals surface area (Å²) in [5.74, 6) is -0.240. The molecule has 0 bridgehead atoms. The second-order valence-electron chi connectivity index (χ2n) is 4.30. The molecule has 0 aliphatic carbocycles. The fourth-order valence-electron chi connectivity index (χ4n) is 1.97. The summed E-state index contributed by atoms with van der Waals surface area (Å²) in [6, 6.07) is 7.98. The van der Waals surface area contributed by atoms with Crippen molar-refractivity contribution in [3.05, 3.63) is 67.8 Å². The second kappa shape index (κ2) is 5.06. The third-order valence-corrected chi connectivity index (χ3v) is 3.38. The molecule has 1 aromatic heterocycles. The summed E-state index contributed by atoms with van der Waals surface area (Å²) in [5, 5.41) is 0. The van der Waals surface area contributed by atoms with Gasteiger partial charge in [0.1, 0.15) is 5.82 Å². The molecular weight excluding hydrogens is 297 g/mol. The van der Waals surface area contributed by atoms with Crippen molar-refractivity contribution in [2.24, 2.45) is 0 Å². The first-order chi connectivity index (χ1) is 8.47. The van der Waals surface area contributed by atoms with Gasteiger partial charge in [-0.1, -0.05) is 15.9 Å². The van der Waals surface area contributed by atoms with Crippen LogP contribution >= 0.6 is 15.9 Å². The van der Waals surface area contributed by atoms with Crippen molar-refractivity contribution in [3.8, 4) is 0 Å². The number of rotatable bonds is 2. The second-order valence-corrected chi connectivity index (χ2v) is 5.21. The van der Waals surface area contributed by atoms with E-state index in [1.807, 2.05) is 18.4 Å². The van der Waals surface area contributed by atoms with E-state index >= 15 is 0 Å². The normalized spacial score (nSPS) is 10.7. The maximum Gasteiger partial charge on any atom is 0.182 e. The fourth-order valence-corrected chi connectivity index (χ4v) is 2.38. The van der Waals surface area contributed by atoms with Gasteiger partial charge < -0.3 is 4.57 Å². The van der Waals surface area contributed by atoms with Gasteiger partial charge in [0.05, 0.1) is 6.54 Å². The Kier molecular flexibility index (Phi) is 3.66. The summed E-state index contributed by atoms with van der Waals surface area (Å²) in [7, 11) is 0. The van der Waals surface area contributed by atoms with Crippen LogP contribution in [0.4, 0.5) is 4.39 Å². The molecular formula is C14H13BrFNO. The number of pyridine rings is 1. The zero-order chi connectivity index (χ0) is 13.3. The van der Waals surface area contributed by atoms with Crippen LogP contribution in [0.15, 0.2) is 39.6 Å². The molecule has 0 saturated carbocycles. The minimum absolute atomic E-state index is 0.0176. The fraction of sp³-hybridized carbons (Fsp3) is 0.214. The molecule has 0 fully saturated rings. The topological polar surface area (TPSA) is 22.0 Å². The Morgan fingerprint density at radius 3 is 2.39 bits per heavy atom. The highest BCUT2D eigenvalue weighted by molar-refractivity contribution is 9.10. The molecule has 2 nitrogen and oxygen atoms in total. The SMILES string of the molecule is Cc1cc(=O)cc(C)n1Cc1cc(Br)ccc1F. The molecule has 0 unspecified atom stereocenters. The maximum atomic E-state index is 13.7. The lowest BCUT2D eigenvalue weighted by Gasteiger charge is -2.14. The average Bonchev–Trinajstić information content (AvgIpc) is 2.28. The number of aromatic nitrogens is 1. The van der Waals surface area contributed by atoms with Gasteiger partial charge in [-0.25, -0.2) is 4.39 Å². The van der Waals surface area contributed by atoms with Crippen molar-refractivity contribution in [1.82, 2.24) is 4.57 Å². The van der Waals surface area contributed by atoms with E-state index in [-0.39, 0.29) is 11.2 Å². The maximum absolute atomic E-state index is 13.7. The third-order valence-electron chi connectivity index (χ3n) is 2.89. The van der Waals surface area contributed by atoms with E-state index in [1.54, 1.807) is 24.3 Å². The van der Waals surface area contributed by atoms with Gasteiger partial charge in [-0.3, -0.25) is 4.79 Å². The number of hydrogen-bond acceptors (Lipinski definition) is 1. The molecule has 2 rings (SSSR count). The smallest absolute Gasteiger partial charge is 0.182 e. The summed E-state index contributed by atoms with van der Waals surface area (Å²) >= 11 is 3.33. The Balaban J connectivity index is 2.46. The van der Waals surface area contributed by atoms with Gasteiger partial charge in [0.2, 0.25) is 0 Å². The van der Waals surface area contributed by atoms with Crippen molar-refractivity contribution in [3.63, 3.8) is 0 Å². The molecule has 94 valence electrons. The van der Waals surface area contributed by atoms with E-state index in [1.165, 1.54) is 6.07 Å². The molecule has 0 aliphatic heterocycles. The highest BCUT2D eigenvalue weighted by Crippen LogP contribution is 2.17. The van der Waals surface area contributed by atoms with Crippen molar-refractivity contribution in [2.45, 2.75) is 20.4 Å². The lowest BCUT2D eigenvalue weighted by atomic mass is 10.2. The minimum atomic E-state index is -0.240. The van der Waals surface area contributed by atoms with E-state index in [2.05, 4.69) is 15.9 Å². The summed E-state index contributed by atoms with van der Waals surface area (Å²) < 4.78 is 16.5. The molecule has 0 spiro atoms. The molecule has 1 heterocycles. The molecule has 0 radical (unpaired) electrons. The summed E-state index contributed by atoms with van der Waals surface area (Å²) in [6.07, 6.45) is 0. The Hall–Kier alpha value is -1.42. The highest BCUT2D eigenvalue weighted by atomic mass is 79.9. The standard InChI is InChI=1S/C14H13BrFNO/c1-9-5-13(18)6-10(2)17(9)8-11-7-12(15)3-4-14(11)16/h3-7H,8H2,1-2H3. The van der Waals surface area contributed by atoms with Crippen LogP contribution in [0, 0.1) is 19.7 Å². The van der Waals surface area contributed by atoms with Gasteiger partial charge in [-0.2, -0.15) is 0 Å². The number of aryl methyl sites for hydroxylation is 2. The van der Waals surface area contributed by atoms with Gasteiger partial charge in [-0.05, 0) is 32.0 Å². The molecule has 0 saturated heterocycles. The van der Waals surface area contributed by atoms with Crippen LogP contribution in [0.5, 0.6) is 0 Å². The molecule has 18 heavy (non-hydrogen) atoms. The molecule has 1 aromatic carbocycles. The Morgan fingerprint density at radius 1 is 1.17 bits per heavy atom. The first-order valence-electron chi connectivity index (χ1n) is 5.59. The van der Waals surface area contributed by atoms with E-state index in [4.69, 9.17) is 0 Å². The van der Waals surface area contributed by atoms with Crippen molar-refractivity contribution >= 4 is 15.9 Å². The lowest BCUT2D eigenvalue weighted by Crippen LogP contribution is -2.14. The molecule has 0 N–H and O–H groups in total. The first kappa shape index (κ1) is 13.0. The van der Waals surface area contributed by atoms with Crippen LogP contribution in [0.2, 0.25) is 0 Å². The van der Waals surface area contributed by atoms with E-state index in [9.17, 15) is 9.18 Å². The van der Waals surface area contributed by atoms with E-state index in [0.29, 0.717) is 12.1 Å². The van der Waals surface area contributed by atoms with Gasteiger partial charge in [0.25, 0.3) is 0 Å². The van der Waals surface area contributed by atoms with Crippen molar-refractivity contribution < 1.29 is 4.39 Å². The number of hydrogen-bond donors (Lipinski definition) is 0. The minimum Gasteiger partial charge on any atom is -0.344 e. The van der Waals surface area contributed by atoms with Gasteiger partial charge in [0, 0.05) is 33.6 Å².